The van der Waals surface area contributed by atoms with E-state index < -0.39 is 23.6 Å². The number of methoxy groups -OCH3 is 1. The first-order chi connectivity index (χ1) is 9.69. The van der Waals surface area contributed by atoms with Crippen molar-refractivity contribution in [3.05, 3.63) is 29.6 Å². The van der Waals surface area contributed by atoms with Crippen LogP contribution >= 0.6 is 0 Å². The van der Waals surface area contributed by atoms with Gasteiger partial charge < -0.3 is 14.3 Å². The lowest BCUT2D eigenvalue weighted by molar-refractivity contribution is -0.112. The molecule has 0 fully saturated rings. The minimum Gasteiger partial charge on any atom is -0.494 e. The first kappa shape index (κ1) is 16.9. The summed E-state index contributed by atoms with van der Waals surface area (Å²) < 4.78 is 23.7. The van der Waals surface area contributed by atoms with Crippen LogP contribution in [0.3, 0.4) is 0 Å². The van der Waals surface area contributed by atoms with Gasteiger partial charge in [0.05, 0.1) is 7.11 Å². The number of benzene rings is 1. The van der Waals surface area contributed by atoms with Crippen molar-refractivity contribution in [3.63, 3.8) is 0 Å². The summed E-state index contributed by atoms with van der Waals surface area (Å²) in [4.78, 5) is 24.4. The quantitative estimate of drug-likeness (QED) is 0.802. The number of nitrogens with zero attached hydrogens (tertiary/aromatic N) is 1. The molecule has 1 aromatic carbocycles. The highest BCUT2D eigenvalue weighted by Crippen LogP contribution is 2.25. The molecular weight excluding hydrogens is 277 g/mol. The number of hydrogen-bond acceptors (Lipinski definition) is 4. The summed E-state index contributed by atoms with van der Waals surface area (Å²) in [6.07, 6.45) is -0.0960. The number of carbonyl (C=O) groups excluding carboxylic acids is 2. The summed E-state index contributed by atoms with van der Waals surface area (Å²) in [5.41, 5.74) is -0.333. The van der Waals surface area contributed by atoms with Crippen LogP contribution in [-0.4, -0.2) is 37.0 Å². The van der Waals surface area contributed by atoms with Crippen LogP contribution in [0.1, 0.15) is 32.4 Å². The average molecular weight is 297 g/mol. The Labute approximate surface area is 123 Å². The Balaban J connectivity index is 2.99. The number of likely N-dealkylation sites (N-methyl/N-ethyl adjacent to an activating group) is 1. The van der Waals surface area contributed by atoms with Gasteiger partial charge in [-0.05, 0) is 38.5 Å². The second-order valence-corrected chi connectivity index (χ2v) is 5.57. The van der Waals surface area contributed by atoms with E-state index in [1.807, 2.05) is 0 Å². The lowest BCUT2D eigenvalue weighted by Crippen LogP contribution is -2.37. The second-order valence-electron chi connectivity index (χ2n) is 5.57. The van der Waals surface area contributed by atoms with E-state index in [-0.39, 0.29) is 5.75 Å². The fraction of sp³-hybridized carbons (Fsp3) is 0.467. The van der Waals surface area contributed by atoms with Crippen molar-refractivity contribution in [1.29, 1.82) is 0 Å². The molecule has 21 heavy (non-hydrogen) atoms. The van der Waals surface area contributed by atoms with E-state index in [4.69, 9.17) is 9.47 Å². The number of carbonyl (C=O) groups is 2. The number of amides is 1. The van der Waals surface area contributed by atoms with E-state index >= 15 is 0 Å². The fourth-order valence-corrected chi connectivity index (χ4v) is 1.71. The van der Waals surface area contributed by atoms with Gasteiger partial charge in [-0.2, -0.15) is 0 Å². The van der Waals surface area contributed by atoms with Gasteiger partial charge in [-0.3, -0.25) is 4.90 Å². The summed E-state index contributed by atoms with van der Waals surface area (Å²) in [5.74, 6) is -0.525. The van der Waals surface area contributed by atoms with Crippen molar-refractivity contribution >= 4 is 12.4 Å². The van der Waals surface area contributed by atoms with Gasteiger partial charge >= 0.3 is 6.09 Å². The van der Waals surface area contributed by atoms with Crippen molar-refractivity contribution in [1.82, 2.24) is 4.90 Å². The predicted molar refractivity (Wildman–Crippen MR) is 75.8 cm³/mol. The van der Waals surface area contributed by atoms with Crippen LogP contribution < -0.4 is 4.74 Å². The van der Waals surface area contributed by atoms with E-state index in [1.165, 1.54) is 32.4 Å². The van der Waals surface area contributed by atoms with Gasteiger partial charge in [0.1, 0.15) is 17.9 Å². The minimum atomic E-state index is -0.930. The lowest BCUT2D eigenvalue weighted by atomic mass is 10.1. The first-order valence-corrected chi connectivity index (χ1v) is 6.44. The van der Waals surface area contributed by atoms with Crippen molar-refractivity contribution in [2.24, 2.45) is 0 Å². The third kappa shape index (κ3) is 4.44. The SMILES string of the molecule is COc1ccc(C(C=O)N(C)C(=O)OC(C)(C)C)cc1F. The largest absolute Gasteiger partial charge is 0.494 e. The summed E-state index contributed by atoms with van der Waals surface area (Å²) in [7, 11) is 2.78. The molecule has 0 aliphatic carbocycles. The van der Waals surface area contributed by atoms with Crippen molar-refractivity contribution in [2.75, 3.05) is 14.2 Å². The topological polar surface area (TPSA) is 55.8 Å². The molecule has 0 heterocycles. The molecule has 1 rings (SSSR count). The summed E-state index contributed by atoms with van der Waals surface area (Å²) in [6, 6.07) is 3.17. The van der Waals surface area contributed by atoms with Crippen LogP contribution in [0, 0.1) is 5.82 Å². The summed E-state index contributed by atoms with van der Waals surface area (Å²) in [6.45, 7) is 5.17. The molecule has 6 heteroatoms. The zero-order valence-corrected chi connectivity index (χ0v) is 12.8. The van der Waals surface area contributed by atoms with Gasteiger partial charge in [-0.1, -0.05) is 6.07 Å². The smallest absolute Gasteiger partial charge is 0.410 e. The number of hydrogen-bond donors (Lipinski definition) is 0. The number of halogens is 1. The Bertz CT molecular complexity index is 525. The molecule has 0 aliphatic rings. The van der Waals surface area contributed by atoms with Crippen LogP contribution in [0.5, 0.6) is 5.75 Å². The van der Waals surface area contributed by atoms with Crippen LogP contribution in [0.25, 0.3) is 0 Å². The Morgan fingerprint density at radius 2 is 2.00 bits per heavy atom. The van der Waals surface area contributed by atoms with Gasteiger partial charge in [0.25, 0.3) is 0 Å². The van der Waals surface area contributed by atoms with E-state index in [1.54, 1.807) is 20.8 Å². The van der Waals surface area contributed by atoms with Crippen molar-refractivity contribution < 1.29 is 23.5 Å². The Hall–Kier alpha value is -2.11. The Kier molecular flexibility index (Phi) is 5.29. The third-order valence-electron chi connectivity index (χ3n) is 2.75. The maximum absolute atomic E-state index is 13.7. The zero-order valence-electron chi connectivity index (χ0n) is 12.8. The van der Waals surface area contributed by atoms with Gasteiger partial charge in [0, 0.05) is 7.05 Å². The first-order valence-electron chi connectivity index (χ1n) is 6.44. The normalized spacial score (nSPS) is 12.5. The second kappa shape index (κ2) is 6.56. The third-order valence-corrected chi connectivity index (χ3v) is 2.75. The van der Waals surface area contributed by atoms with Gasteiger partial charge in [0.2, 0.25) is 0 Å². The molecule has 0 spiro atoms. The maximum atomic E-state index is 13.7. The van der Waals surface area contributed by atoms with E-state index in [0.717, 1.165) is 4.90 Å². The highest BCUT2D eigenvalue weighted by molar-refractivity contribution is 5.74. The average Bonchev–Trinajstić information content (AvgIpc) is 2.37. The Morgan fingerprint density at radius 1 is 1.38 bits per heavy atom. The monoisotopic (exact) mass is 297 g/mol. The molecule has 1 atom stereocenters. The van der Waals surface area contributed by atoms with Crippen molar-refractivity contribution in [2.45, 2.75) is 32.4 Å². The molecule has 5 nitrogen and oxygen atoms in total. The number of rotatable bonds is 4. The summed E-state index contributed by atoms with van der Waals surface area (Å²) in [5, 5.41) is 0. The molecule has 1 unspecified atom stereocenters. The van der Waals surface area contributed by atoms with Crippen molar-refractivity contribution in [3.8, 4) is 5.75 Å². The zero-order chi connectivity index (χ0) is 16.2. The van der Waals surface area contributed by atoms with Crippen LogP contribution in [-0.2, 0) is 9.53 Å². The summed E-state index contributed by atoms with van der Waals surface area (Å²) >= 11 is 0. The molecule has 0 aromatic heterocycles. The molecule has 0 radical (unpaired) electrons. The Morgan fingerprint density at radius 3 is 2.43 bits per heavy atom. The van der Waals surface area contributed by atoms with Gasteiger partial charge in [0.15, 0.2) is 11.6 Å². The van der Waals surface area contributed by atoms with Gasteiger partial charge in [-0.25, -0.2) is 9.18 Å². The highest BCUT2D eigenvalue weighted by Gasteiger charge is 2.26. The number of aldehydes is 1. The number of ether oxygens (including phenoxy) is 2. The standard InChI is InChI=1S/C15H20FNO4/c1-15(2,3)21-14(19)17(4)12(9-18)10-6-7-13(20-5)11(16)8-10/h6-9,12H,1-5H3. The predicted octanol–water partition coefficient (Wildman–Crippen LogP) is 2.94. The molecule has 0 aliphatic heterocycles. The van der Waals surface area contributed by atoms with Gasteiger partial charge in [-0.15, -0.1) is 0 Å². The molecule has 0 N–H and O–H groups in total. The minimum absolute atomic E-state index is 0.0725. The van der Waals surface area contributed by atoms with E-state index in [9.17, 15) is 14.0 Å². The maximum Gasteiger partial charge on any atom is 0.410 e. The van der Waals surface area contributed by atoms with Crippen LogP contribution in [0.15, 0.2) is 18.2 Å². The molecule has 0 bridgehead atoms. The molecule has 1 aromatic rings. The molecule has 0 saturated carbocycles. The molecule has 1 amide bonds. The van der Waals surface area contributed by atoms with Crippen LogP contribution in [0.2, 0.25) is 0 Å². The molecule has 116 valence electrons. The highest BCUT2D eigenvalue weighted by atomic mass is 19.1. The fourth-order valence-electron chi connectivity index (χ4n) is 1.71. The van der Waals surface area contributed by atoms with E-state index in [2.05, 4.69) is 0 Å². The lowest BCUT2D eigenvalue weighted by Gasteiger charge is -2.28. The van der Waals surface area contributed by atoms with Crippen LogP contribution in [0.4, 0.5) is 9.18 Å². The van der Waals surface area contributed by atoms with E-state index in [0.29, 0.717) is 11.8 Å². The molecule has 0 saturated heterocycles. The molecular formula is C15H20FNO4.